The molecule has 5 heteroatoms. The molecule has 1 rings (SSSR count). The minimum absolute atomic E-state index is 0.239. The standard InChI is InChI=1S/C15H32N4O/c1-5-8-17-15(3,14(16)20)7-6-9-19-11-10-18(4)12-13(19)2/h13,17H,5-12H2,1-4H3,(H2,16,20). The SMILES string of the molecule is CCCNC(C)(CCCN1CCN(C)CC1C)C(N)=O. The van der Waals surface area contributed by atoms with Crippen LogP contribution in [-0.4, -0.2) is 67.1 Å². The van der Waals surface area contributed by atoms with Crippen molar-refractivity contribution in [3.63, 3.8) is 0 Å². The molecule has 1 aliphatic rings. The molecule has 118 valence electrons. The maximum atomic E-state index is 11.7. The molecule has 1 heterocycles. The Labute approximate surface area is 123 Å². The van der Waals surface area contributed by atoms with Gasteiger partial charge in [0, 0.05) is 25.7 Å². The largest absolute Gasteiger partial charge is 0.368 e. The van der Waals surface area contributed by atoms with Gasteiger partial charge in [-0.2, -0.15) is 0 Å². The molecule has 0 saturated carbocycles. The summed E-state index contributed by atoms with van der Waals surface area (Å²) in [5.74, 6) is -0.239. The number of amides is 1. The van der Waals surface area contributed by atoms with Crippen LogP contribution in [0.25, 0.3) is 0 Å². The zero-order chi connectivity index (χ0) is 15.2. The first-order chi connectivity index (χ1) is 9.39. The maximum absolute atomic E-state index is 11.7. The van der Waals surface area contributed by atoms with Crippen LogP contribution in [0, 0.1) is 0 Å². The fourth-order valence-electron chi connectivity index (χ4n) is 2.84. The number of hydrogen-bond donors (Lipinski definition) is 2. The first kappa shape index (κ1) is 17.4. The van der Waals surface area contributed by atoms with E-state index in [9.17, 15) is 4.79 Å². The fourth-order valence-corrected chi connectivity index (χ4v) is 2.84. The molecule has 0 radical (unpaired) electrons. The van der Waals surface area contributed by atoms with E-state index in [-0.39, 0.29) is 5.91 Å². The number of nitrogens with two attached hydrogens (primary N) is 1. The summed E-state index contributed by atoms with van der Waals surface area (Å²) in [7, 11) is 2.17. The van der Waals surface area contributed by atoms with Crippen LogP contribution < -0.4 is 11.1 Å². The summed E-state index contributed by atoms with van der Waals surface area (Å²) < 4.78 is 0. The first-order valence-electron chi connectivity index (χ1n) is 7.86. The van der Waals surface area contributed by atoms with E-state index >= 15 is 0 Å². The second-order valence-corrected chi connectivity index (χ2v) is 6.37. The molecule has 1 fully saturated rings. The van der Waals surface area contributed by atoms with Crippen molar-refractivity contribution < 1.29 is 4.79 Å². The predicted molar refractivity (Wildman–Crippen MR) is 83.7 cm³/mol. The van der Waals surface area contributed by atoms with Crippen LogP contribution in [0.4, 0.5) is 0 Å². The summed E-state index contributed by atoms with van der Waals surface area (Å²) in [5.41, 5.74) is 4.99. The molecular formula is C15H32N4O. The molecule has 2 unspecified atom stereocenters. The number of likely N-dealkylation sites (N-methyl/N-ethyl adjacent to an activating group) is 1. The van der Waals surface area contributed by atoms with Gasteiger partial charge in [0.15, 0.2) is 0 Å². The molecule has 0 aromatic heterocycles. The van der Waals surface area contributed by atoms with Gasteiger partial charge in [0.1, 0.15) is 0 Å². The van der Waals surface area contributed by atoms with Gasteiger partial charge in [-0.1, -0.05) is 6.92 Å². The van der Waals surface area contributed by atoms with Crippen LogP contribution in [0.3, 0.4) is 0 Å². The highest BCUT2D eigenvalue weighted by Crippen LogP contribution is 2.15. The summed E-state index contributed by atoms with van der Waals surface area (Å²) in [6, 6.07) is 0.595. The van der Waals surface area contributed by atoms with Gasteiger partial charge in [-0.05, 0) is 53.2 Å². The van der Waals surface area contributed by atoms with E-state index in [1.807, 2.05) is 6.92 Å². The smallest absolute Gasteiger partial charge is 0.237 e. The minimum atomic E-state index is -0.564. The van der Waals surface area contributed by atoms with E-state index in [1.54, 1.807) is 0 Å². The van der Waals surface area contributed by atoms with Crippen molar-refractivity contribution in [1.29, 1.82) is 0 Å². The molecular weight excluding hydrogens is 252 g/mol. The molecule has 5 nitrogen and oxygen atoms in total. The van der Waals surface area contributed by atoms with Gasteiger partial charge >= 0.3 is 0 Å². The monoisotopic (exact) mass is 284 g/mol. The average molecular weight is 284 g/mol. The molecule has 0 aliphatic carbocycles. The highest BCUT2D eigenvalue weighted by Gasteiger charge is 2.30. The molecule has 3 N–H and O–H groups in total. The lowest BCUT2D eigenvalue weighted by Gasteiger charge is -2.38. The highest BCUT2D eigenvalue weighted by atomic mass is 16.1. The quantitative estimate of drug-likeness (QED) is 0.687. The number of hydrogen-bond acceptors (Lipinski definition) is 4. The summed E-state index contributed by atoms with van der Waals surface area (Å²) >= 11 is 0. The third-order valence-corrected chi connectivity index (χ3v) is 4.40. The van der Waals surface area contributed by atoms with Crippen molar-refractivity contribution in [2.24, 2.45) is 5.73 Å². The van der Waals surface area contributed by atoms with Gasteiger partial charge in [0.05, 0.1) is 5.54 Å². The van der Waals surface area contributed by atoms with Crippen LogP contribution in [-0.2, 0) is 4.79 Å². The average Bonchev–Trinajstić information content (AvgIpc) is 2.38. The van der Waals surface area contributed by atoms with Crippen LogP contribution in [0.1, 0.15) is 40.0 Å². The molecule has 20 heavy (non-hydrogen) atoms. The van der Waals surface area contributed by atoms with Crippen molar-refractivity contribution in [3.05, 3.63) is 0 Å². The van der Waals surface area contributed by atoms with E-state index < -0.39 is 5.54 Å². The second kappa shape index (κ2) is 7.96. The topological polar surface area (TPSA) is 61.6 Å². The summed E-state index contributed by atoms with van der Waals surface area (Å²) in [5, 5.41) is 3.30. The van der Waals surface area contributed by atoms with Gasteiger partial charge in [0.2, 0.25) is 5.91 Å². The van der Waals surface area contributed by atoms with E-state index in [4.69, 9.17) is 5.73 Å². The number of nitrogens with zero attached hydrogens (tertiary/aromatic N) is 2. The van der Waals surface area contributed by atoms with E-state index in [2.05, 4.69) is 36.0 Å². The van der Waals surface area contributed by atoms with Gasteiger partial charge in [-0.3, -0.25) is 9.69 Å². The summed E-state index contributed by atoms with van der Waals surface area (Å²) in [6.07, 6.45) is 2.82. The highest BCUT2D eigenvalue weighted by molar-refractivity contribution is 5.84. The lowest BCUT2D eigenvalue weighted by Crippen LogP contribution is -2.54. The Bertz CT molecular complexity index is 310. The summed E-state index contributed by atoms with van der Waals surface area (Å²) in [4.78, 5) is 16.5. The van der Waals surface area contributed by atoms with E-state index in [1.165, 1.54) is 0 Å². The van der Waals surface area contributed by atoms with Gasteiger partial charge < -0.3 is 16.0 Å². The zero-order valence-electron chi connectivity index (χ0n) is 13.6. The Morgan fingerprint density at radius 1 is 1.45 bits per heavy atom. The Kier molecular flexibility index (Phi) is 6.92. The number of primary amides is 1. The third kappa shape index (κ3) is 5.04. The molecule has 0 aromatic carbocycles. The van der Waals surface area contributed by atoms with Crippen LogP contribution in [0.15, 0.2) is 0 Å². The van der Waals surface area contributed by atoms with Gasteiger partial charge in [0.25, 0.3) is 0 Å². The molecule has 1 amide bonds. The lowest BCUT2D eigenvalue weighted by molar-refractivity contribution is -0.124. The Balaban J connectivity index is 2.38. The van der Waals surface area contributed by atoms with E-state index in [0.717, 1.165) is 52.0 Å². The summed E-state index contributed by atoms with van der Waals surface area (Å²) in [6.45, 7) is 11.6. The van der Waals surface area contributed by atoms with Gasteiger partial charge in [-0.15, -0.1) is 0 Å². The normalized spacial score (nSPS) is 24.5. The molecule has 2 atom stereocenters. The van der Waals surface area contributed by atoms with Crippen molar-refractivity contribution in [3.8, 4) is 0 Å². The number of piperazine rings is 1. The van der Waals surface area contributed by atoms with Crippen LogP contribution >= 0.6 is 0 Å². The molecule has 0 aromatic rings. The van der Waals surface area contributed by atoms with Gasteiger partial charge in [-0.25, -0.2) is 0 Å². The third-order valence-electron chi connectivity index (χ3n) is 4.40. The van der Waals surface area contributed by atoms with Crippen LogP contribution in [0.5, 0.6) is 0 Å². The van der Waals surface area contributed by atoms with Crippen molar-refractivity contribution in [1.82, 2.24) is 15.1 Å². The van der Waals surface area contributed by atoms with E-state index in [0.29, 0.717) is 6.04 Å². The number of carbonyl (C=O) groups excluding carboxylic acids is 1. The van der Waals surface area contributed by atoms with Crippen molar-refractivity contribution in [2.45, 2.75) is 51.6 Å². The Morgan fingerprint density at radius 2 is 2.15 bits per heavy atom. The molecule has 1 aliphatic heterocycles. The Hall–Kier alpha value is -0.650. The molecule has 1 saturated heterocycles. The fraction of sp³-hybridized carbons (Fsp3) is 0.933. The first-order valence-corrected chi connectivity index (χ1v) is 7.86. The lowest BCUT2D eigenvalue weighted by atomic mass is 9.94. The van der Waals surface area contributed by atoms with Crippen LogP contribution in [0.2, 0.25) is 0 Å². The molecule has 0 bridgehead atoms. The maximum Gasteiger partial charge on any atom is 0.237 e. The zero-order valence-corrected chi connectivity index (χ0v) is 13.6. The number of carbonyl (C=O) groups is 1. The molecule has 0 spiro atoms. The Morgan fingerprint density at radius 3 is 2.70 bits per heavy atom. The predicted octanol–water partition coefficient (Wildman–Crippen LogP) is 0.646. The minimum Gasteiger partial charge on any atom is -0.368 e. The second-order valence-electron chi connectivity index (χ2n) is 6.37. The number of nitrogens with one attached hydrogen (secondary N) is 1. The number of rotatable bonds is 8. The van der Waals surface area contributed by atoms with Crippen molar-refractivity contribution >= 4 is 5.91 Å². The van der Waals surface area contributed by atoms with Crippen molar-refractivity contribution in [2.75, 3.05) is 39.8 Å².